The van der Waals surface area contributed by atoms with Crippen molar-refractivity contribution in [1.29, 1.82) is 0 Å². The van der Waals surface area contributed by atoms with Gasteiger partial charge in [-0.2, -0.15) is 0 Å². The Morgan fingerprint density at radius 1 is 1.04 bits per heavy atom. The van der Waals surface area contributed by atoms with Crippen LogP contribution in [-0.4, -0.2) is 10.9 Å². The van der Waals surface area contributed by atoms with Crippen molar-refractivity contribution in [2.24, 2.45) is 0 Å². The molecule has 0 saturated carbocycles. The molecule has 0 bridgehead atoms. The Morgan fingerprint density at radius 2 is 1.77 bits per heavy atom. The minimum absolute atomic E-state index is 0.0710. The lowest BCUT2D eigenvalue weighted by atomic mass is 10.1. The van der Waals surface area contributed by atoms with E-state index in [-0.39, 0.29) is 12.3 Å². The van der Waals surface area contributed by atoms with Crippen molar-refractivity contribution in [3.63, 3.8) is 0 Å². The van der Waals surface area contributed by atoms with E-state index in [1.54, 1.807) is 48.9 Å². The predicted octanol–water partition coefficient (Wildman–Crippen LogP) is 4.98. The van der Waals surface area contributed by atoms with Crippen molar-refractivity contribution in [2.45, 2.75) is 6.42 Å². The van der Waals surface area contributed by atoms with Gasteiger partial charge in [-0.25, -0.2) is 9.37 Å². The standard InChI is InChI=1S/C19H13FN2O3S/c20-13-6-2-1-5-12(13)11-16(23)21-19-22-17(14-7-3-9-24-14)18(26-19)15-8-4-10-25-15/h1-10H,11H2,(H,21,22,23). The summed E-state index contributed by atoms with van der Waals surface area (Å²) in [6.07, 6.45) is 3.05. The molecule has 0 aliphatic rings. The van der Waals surface area contributed by atoms with Crippen LogP contribution < -0.4 is 5.32 Å². The van der Waals surface area contributed by atoms with Crippen LogP contribution in [0.1, 0.15) is 5.56 Å². The molecule has 0 atom stereocenters. The van der Waals surface area contributed by atoms with E-state index in [4.69, 9.17) is 8.83 Å². The number of hydrogen-bond acceptors (Lipinski definition) is 5. The SMILES string of the molecule is O=C(Cc1ccccc1F)Nc1nc(-c2ccco2)c(-c2ccco2)s1. The second-order valence-corrected chi connectivity index (χ2v) is 6.47. The number of hydrogen-bond donors (Lipinski definition) is 1. The smallest absolute Gasteiger partial charge is 0.230 e. The van der Waals surface area contributed by atoms with Gasteiger partial charge < -0.3 is 14.2 Å². The first-order chi connectivity index (χ1) is 12.7. The number of nitrogens with zero attached hydrogens (tertiary/aromatic N) is 1. The summed E-state index contributed by atoms with van der Waals surface area (Å²) < 4.78 is 24.6. The molecule has 0 radical (unpaired) electrons. The molecule has 0 spiro atoms. The first-order valence-electron chi connectivity index (χ1n) is 7.82. The van der Waals surface area contributed by atoms with Gasteiger partial charge in [-0.15, -0.1) is 0 Å². The van der Waals surface area contributed by atoms with Gasteiger partial charge in [-0.3, -0.25) is 4.79 Å². The normalized spacial score (nSPS) is 10.8. The van der Waals surface area contributed by atoms with Crippen LogP contribution in [0.3, 0.4) is 0 Å². The molecule has 4 rings (SSSR count). The minimum atomic E-state index is -0.408. The summed E-state index contributed by atoms with van der Waals surface area (Å²) in [6.45, 7) is 0. The van der Waals surface area contributed by atoms with Crippen LogP contribution in [0.15, 0.2) is 69.9 Å². The van der Waals surface area contributed by atoms with Crippen molar-refractivity contribution in [1.82, 2.24) is 4.98 Å². The topological polar surface area (TPSA) is 68.3 Å². The molecule has 7 heteroatoms. The van der Waals surface area contributed by atoms with Crippen molar-refractivity contribution in [2.75, 3.05) is 5.32 Å². The highest BCUT2D eigenvalue weighted by Gasteiger charge is 2.20. The van der Waals surface area contributed by atoms with Crippen LogP contribution in [0.5, 0.6) is 0 Å². The van der Waals surface area contributed by atoms with Crippen LogP contribution in [0.2, 0.25) is 0 Å². The molecule has 3 aromatic heterocycles. The molecule has 130 valence electrons. The van der Waals surface area contributed by atoms with E-state index in [1.165, 1.54) is 17.4 Å². The summed E-state index contributed by atoms with van der Waals surface area (Å²) in [4.78, 5) is 17.5. The zero-order valence-corrected chi connectivity index (χ0v) is 14.3. The van der Waals surface area contributed by atoms with Crippen LogP contribution in [-0.2, 0) is 11.2 Å². The highest BCUT2D eigenvalue weighted by Crippen LogP contribution is 2.39. The Kier molecular flexibility index (Phi) is 4.37. The number of nitrogens with one attached hydrogen (secondary N) is 1. The lowest BCUT2D eigenvalue weighted by molar-refractivity contribution is -0.115. The Balaban J connectivity index is 1.60. The average molecular weight is 368 g/mol. The van der Waals surface area contributed by atoms with E-state index in [0.29, 0.717) is 27.9 Å². The van der Waals surface area contributed by atoms with Gasteiger partial charge in [0.15, 0.2) is 10.9 Å². The molecule has 1 aromatic carbocycles. The molecule has 0 saturated heterocycles. The second-order valence-electron chi connectivity index (χ2n) is 5.47. The molecule has 0 unspecified atom stereocenters. The Morgan fingerprint density at radius 3 is 2.46 bits per heavy atom. The van der Waals surface area contributed by atoms with Gasteiger partial charge in [-0.05, 0) is 35.9 Å². The summed E-state index contributed by atoms with van der Waals surface area (Å²) in [7, 11) is 0. The van der Waals surface area contributed by atoms with Gasteiger partial charge in [-0.1, -0.05) is 29.5 Å². The molecule has 0 aliphatic heterocycles. The van der Waals surface area contributed by atoms with Gasteiger partial charge in [0, 0.05) is 0 Å². The zero-order valence-electron chi connectivity index (χ0n) is 13.4. The fourth-order valence-corrected chi connectivity index (χ4v) is 3.46. The predicted molar refractivity (Wildman–Crippen MR) is 96.3 cm³/mol. The molecular formula is C19H13FN2O3S. The largest absolute Gasteiger partial charge is 0.463 e. The number of benzene rings is 1. The van der Waals surface area contributed by atoms with Crippen molar-refractivity contribution < 1.29 is 18.0 Å². The van der Waals surface area contributed by atoms with Crippen LogP contribution in [0.4, 0.5) is 9.52 Å². The fourth-order valence-electron chi connectivity index (χ4n) is 2.51. The third-order valence-electron chi connectivity index (χ3n) is 3.68. The van der Waals surface area contributed by atoms with E-state index < -0.39 is 5.82 Å². The van der Waals surface area contributed by atoms with Gasteiger partial charge in [0.1, 0.15) is 22.1 Å². The van der Waals surface area contributed by atoms with Gasteiger partial charge in [0.25, 0.3) is 0 Å². The summed E-state index contributed by atoms with van der Waals surface area (Å²) >= 11 is 1.27. The van der Waals surface area contributed by atoms with Crippen LogP contribution in [0.25, 0.3) is 22.1 Å². The first kappa shape index (κ1) is 16.3. The molecule has 1 amide bonds. The van der Waals surface area contributed by atoms with Crippen LogP contribution in [0, 0.1) is 5.82 Å². The summed E-state index contributed by atoms with van der Waals surface area (Å²) in [5, 5.41) is 3.11. The molecule has 0 fully saturated rings. The third-order valence-corrected chi connectivity index (χ3v) is 4.67. The number of rotatable bonds is 5. The van der Waals surface area contributed by atoms with E-state index in [2.05, 4.69) is 10.3 Å². The van der Waals surface area contributed by atoms with E-state index in [9.17, 15) is 9.18 Å². The molecule has 0 aliphatic carbocycles. The number of carbonyl (C=O) groups excluding carboxylic acids is 1. The third kappa shape index (κ3) is 3.29. The van der Waals surface area contributed by atoms with Gasteiger partial charge >= 0.3 is 0 Å². The number of aromatic nitrogens is 1. The maximum Gasteiger partial charge on any atom is 0.230 e. The van der Waals surface area contributed by atoms with E-state index in [0.717, 1.165) is 4.88 Å². The Labute approximate surface area is 152 Å². The number of thiazole rings is 1. The number of furan rings is 2. The first-order valence-corrected chi connectivity index (χ1v) is 8.64. The second kappa shape index (κ2) is 6.97. The van der Waals surface area contributed by atoms with Crippen molar-refractivity contribution in [3.8, 4) is 22.1 Å². The number of amides is 1. The highest BCUT2D eigenvalue weighted by molar-refractivity contribution is 7.19. The molecular weight excluding hydrogens is 355 g/mol. The molecule has 3 heterocycles. The Bertz CT molecular complexity index is 971. The minimum Gasteiger partial charge on any atom is -0.463 e. The molecule has 26 heavy (non-hydrogen) atoms. The van der Waals surface area contributed by atoms with Crippen molar-refractivity contribution in [3.05, 3.63) is 72.4 Å². The average Bonchev–Trinajstić information content (AvgIpc) is 3.37. The van der Waals surface area contributed by atoms with E-state index in [1.807, 2.05) is 6.07 Å². The summed E-state index contributed by atoms with van der Waals surface area (Å²) in [6, 6.07) is 13.3. The monoisotopic (exact) mass is 368 g/mol. The van der Waals surface area contributed by atoms with Gasteiger partial charge in [0.05, 0.1) is 18.9 Å². The maximum atomic E-state index is 13.7. The number of carbonyl (C=O) groups is 1. The molecule has 1 N–H and O–H groups in total. The highest BCUT2D eigenvalue weighted by atomic mass is 32.1. The summed E-state index contributed by atoms with van der Waals surface area (Å²) in [5.74, 6) is 0.445. The molecule has 4 aromatic rings. The zero-order chi connectivity index (χ0) is 17.9. The Hall–Kier alpha value is -3.19. The molecule has 5 nitrogen and oxygen atoms in total. The lowest BCUT2D eigenvalue weighted by Crippen LogP contribution is -2.15. The number of halogens is 1. The number of anilines is 1. The van der Waals surface area contributed by atoms with Crippen LogP contribution >= 0.6 is 11.3 Å². The lowest BCUT2D eigenvalue weighted by Gasteiger charge is -2.02. The summed E-state index contributed by atoms with van der Waals surface area (Å²) in [5.41, 5.74) is 0.912. The fraction of sp³-hybridized carbons (Fsp3) is 0.0526. The van der Waals surface area contributed by atoms with Gasteiger partial charge in [0.2, 0.25) is 5.91 Å². The maximum absolute atomic E-state index is 13.7. The van der Waals surface area contributed by atoms with Crippen molar-refractivity contribution >= 4 is 22.4 Å². The van der Waals surface area contributed by atoms with E-state index >= 15 is 0 Å². The quantitative estimate of drug-likeness (QED) is 0.539.